The van der Waals surface area contributed by atoms with Gasteiger partial charge in [0, 0.05) is 17.3 Å². The molecule has 3 heterocycles. The summed E-state index contributed by atoms with van der Waals surface area (Å²) in [5.41, 5.74) is 7.45. The fraction of sp³-hybridized carbons (Fsp3) is 0.435. The van der Waals surface area contributed by atoms with Gasteiger partial charge >= 0.3 is 0 Å². The van der Waals surface area contributed by atoms with Gasteiger partial charge in [0.1, 0.15) is 42.7 Å². The van der Waals surface area contributed by atoms with Gasteiger partial charge in [-0.05, 0) is 24.6 Å². The lowest BCUT2D eigenvalue weighted by Crippen LogP contribution is -2.60. The highest BCUT2D eigenvalue weighted by Crippen LogP contribution is 2.41. The summed E-state index contributed by atoms with van der Waals surface area (Å²) in [6, 6.07) is 10.8. The van der Waals surface area contributed by atoms with Crippen LogP contribution in [0.5, 0.6) is 0 Å². The minimum absolute atomic E-state index is 0.0115. The monoisotopic (exact) mass is 436 g/mol. The van der Waals surface area contributed by atoms with Gasteiger partial charge in [0.05, 0.1) is 29.1 Å². The smallest absolute Gasteiger partial charge is 0.158 e. The van der Waals surface area contributed by atoms with Gasteiger partial charge in [0.15, 0.2) is 6.29 Å². The van der Waals surface area contributed by atoms with E-state index in [1.54, 1.807) is 30.5 Å². The Balaban J connectivity index is 1.76. The molecule has 9 nitrogen and oxygen atoms in total. The third kappa shape index (κ3) is 3.82. The van der Waals surface area contributed by atoms with Crippen LogP contribution in [0.15, 0.2) is 30.5 Å². The Morgan fingerprint density at radius 1 is 1.16 bits per heavy atom. The molecule has 4 rings (SSSR count). The highest BCUT2D eigenvalue weighted by molar-refractivity contribution is 5.80. The van der Waals surface area contributed by atoms with Crippen LogP contribution >= 0.6 is 0 Å². The highest BCUT2D eigenvalue weighted by atomic mass is 16.7. The summed E-state index contributed by atoms with van der Waals surface area (Å²) >= 11 is 0. The fourth-order valence-electron chi connectivity index (χ4n) is 4.22. The molecule has 0 bridgehead atoms. The number of nitrogen functional groups attached to an aromatic ring is 1. The molecule has 6 atom stereocenters. The van der Waals surface area contributed by atoms with Crippen molar-refractivity contribution >= 4 is 5.69 Å². The zero-order valence-electron chi connectivity index (χ0n) is 17.5. The van der Waals surface area contributed by atoms with Gasteiger partial charge in [-0.1, -0.05) is 19.4 Å². The van der Waals surface area contributed by atoms with E-state index in [4.69, 9.17) is 19.9 Å². The van der Waals surface area contributed by atoms with E-state index < -0.39 is 36.8 Å². The van der Waals surface area contributed by atoms with Crippen LogP contribution in [0.1, 0.15) is 42.6 Å². The topological polar surface area (TPSA) is 155 Å². The average molecular weight is 436 g/mol. The predicted molar refractivity (Wildman–Crippen MR) is 113 cm³/mol. The highest BCUT2D eigenvalue weighted by Gasteiger charge is 2.49. The Hall–Kier alpha value is -3.05. The van der Waals surface area contributed by atoms with Crippen LogP contribution in [-0.2, 0) is 14.2 Å². The van der Waals surface area contributed by atoms with E-state index in [0.29, 0.717) is 17.7 Å². The number of nitrogens with zero attached hydrogens (tertiary/aromatic N) is 3. The molecular weight excluding hydrogens is 412 g/mol. The molecule has 1 aromatic heterocycles. The summed E-state index contributed by atoms with van der Waals surface area (Å²) in [4.78, 5) is 4.28. The van der Waals surface area contributed by atoms with Gasteiger partial charge < -0.3 is 30.2 Å². The molecule has 2 aliphatic heterocycles. The molecular formula is C23H24N4O5. The van der Waals surface area contributed by atoms with Crippen LogP contribution in [0, 0.1) is 22.7 Å². The molecule has 0 saturated carbocycles. The molecule has 1 aromatic carbocycles. The third-order valence-electron chi connectivity index (χ3n) is 5.83. The number of ether oxygens (including phenoxy) is 3. The summed E-state index contributed by atoms with van der Waals surface area (Å²) < 4.78 is 17.6. The quantitative estimate of drug-likeness (QED) is 0.608. The number of nitrogens with two attached hydrogens (primary N) is 1. The van der Waals surface area contributed by atoms with Gasteiger partial charge in [0.25, 0.3) is 0 Å². The molecule has 0 amide bonds. The van der Waals surface area contributed by atoms with E-state index in [1.807, 2.05) is 19.1 Å². The first kappa shape index (κ1) is 22.2. The van der Waals surface area contributed by atoms with Gasteiger partial charge in [-0.2, -0.15) is 10.5 Å². The molecule has 2 saturated heterocycles. The minimum atomic E-state index is -1.38. The maximum Gasteiger partial charge on any atom is 0.158 e. The number of aromatic nitrogens is 1. The molecule has 0 radical (unpaired) electrons. The van der Waals surface area contributed by atoms with E-state index >= 15 is 0 Å². The average Bonchev–Trinajstić information content (AvgIpc) is 2.82. The largest absolute Gasteiger partial charge is 0.397 e. The van der Waals surface area contributed by atoms with E-state index in [-0.39, 0.29) is 29.0 Å². The molecule has 9 heteroatoms. The van der Waals surface area contributed by atoms with Crippen LogP contribution in [0.3, 0.4) is 0 Å². The summed E-state index contributed by atoms with van der Waals surface area (Å²) in [5, 5.41) is 41.2. The zero-order chi connectivity index (χ0) is 22.8. The van der Waals surface area contributed by atoms with Crippen molar-refractivity contribution in [1.29, 1.82) is 10.5 Å². The van der Waals surface area contributed by atoms with E-state index in [9.17, 15) is 20.7 Å². The molecule has 2 aliphatic rings. The minimum Gasteiger partial charge on any atom is -0.397 e. The van der Waals surface area contributed by atoms with Gasteiger partial charge in [-0.3, -0.25) is 4.98 Å². The maximum absolute atomic E-state index is 10.9. The van der Waals surface area contributed by atoms with Crippen molar-refractivity contribution in [2.24, 2.45) is 0 Å². The molecule has 0 aliphatic carbocycles. The van der Waals surface area contributed by atoms with Crippen molar-refractivity contribution in [2.75, 3.05) is 12.3 Å². The summed E-state index contributed by atoms with van der Waals surface area (Å²) in [5.74, 6) is 0. The molecule has 32 heavy (non-hydrogen) atoms. The second-order valence-corrected chi connectivity index (χ2v) is 7.84. The Bertz CT molecular complexity index is 1060. The second kappa shape index (κ2) is 9.21. The second-order valence-electron chi connectivity index (χ2n) is 7.84. The molecule has 4 N–H and O–H groups in total. The lowest BCUT2D eigenvalue weighted by atomic mass is 9.85. The summed E-state index contributed by atoms with van der Waals surface area (Å²) in [7, 11) is 0. The van der Waals surface area contributed by atoms with E-state index in [0.717, 1.165) is 6.42 Å². The zero-order valence-corrected chi connectivity index (χ0v) is 17.5. The number of pyridine rings is 1. The summed E-state index contributed by atoms with van der Waals surface area (Å²) in [6.45, 7) is 2.17. The number of hydrogen-bond acceptors (Lipinski definition) is 9. The number of fused-ring (bicyclic) bond motifs is 1. The number of anilines is 1. The Kier molecular flexibility index (Phi) is 6.38. The van der Waals surface area contributed by atoms with Crippen LogP contribution in [0.4, 0.5) is 5.69 Å². The first-order valence-electron chi connectivity index (χ1n) is 10.5. The lowest BCUT2D eigenvalue weighted by Gasteiger charge is -2.46. The number of rotatable bonds is 4. The molecule has 0 spiro atoms. The first-order chi connectivity index (χ1) is 15.5. The van der Waals surface area contributed by atoms with E-state index in [1.165, 1.54) is 0 Å². The number of benzene rings is 1. The Labute approximate surface area is 185 Å². The van der Waals surface area contributed by atoms with Crippen molar-refractivity contribution in [1.82, 2.24) is 4.98 Å². The number of aliphatic hydroxyl groups excluding tert-OH is 2. The standard InChI is InChI=1S/C23H24N4O5/c1-2-5-18-30-11-17-23(32-18)21(29)20(28)22(31-17)13-8-12(16-6-3-4-7-27-16)14(9-24)19(26)15(13)10-25/h3-4,6-8,17-18,20-23,28-29H,2,5,11,26H2,1H3/t17-,18?,20-,21-,22+,23-/m1/s1. The maximum atomic E-state index is 10.9. The number of aliphatic hydroxyl groups is 2. The van der Waals surface area contributed by atoms with Gasteiger partial charge in [-0.15, -0.1) is 0 Å². The normalized spacial score (nSPS) is 29.5. The Morgan fingerprint density at radius 3 is 2.59 bits per heavy atom. The van der Waals surface area contributed by atoms with Crippen molar-refractivity contribution < 1.29 is 24.4 Å². The molecule has 1 unspecified atom stereocenters. The fourth-order valence-corrected chi connectivity index (χ4v) is 4.22. The van der Waals surface area contributed by atoms with Gasteiger partial charge in [0.2, 0.25) is 0 Å². The van der Waals surface area contributed by atoms with Crippen molar-refractivity contribution in [3.63, 3.8) is 0 Å². The van der Waals surface area contributed by atoms with Gasteiger partial charge in [-0.25, -0.2) is 0 Å². The number of hydrogen-bond donors (Lipinski definition) is 3. The molecule has 2 aromatic rings. The number of nitriles is 2. The van der Waals surface area contributed by atoms with E-state index in [2.05, 4.69) is 4.98 Å². The van der Waals surface area contributed by atoms with Crippen molar-refractivity contribution in [3.05, 3.63) is 47.2 Å². The third-order valence-corrected chi connectivity index (χ3v) is 5.83. The Morgan fingerprint density at radius 2 is 1.94 bits per heavy atom. The first-order valence-corrected chi connectivity index (χ1v) is 10.5. The van der Waals surface area contributed by atoms with Crippen LogP contribution in [0.2, 0.25) is 0 Å². The van der Waals surface area contributed by atoms with Crippen LogP contribution in [0.25, 0.3) is 11.3 Å². The van der Waals surface area contributed by atoms with Crippen LogP contribution in [-0.4, -0.2) is 52.5 Å². The SMILES string of the molecule is CCCC1OC[C@H]2O[C@@H](c3cc(-c4ccccn4)c(C#N)c(N)c3C#N)[C@H](O)[C@@H](O)[C@@H]2O1. The summed E-state index contributed by atoms with van der Waals surface area (Å²) in [6.07, 6.45) is -2.52. The van der Waals surface area contributed by atoms with Crippen molar-refractivity contribution in [3.8, 4) is 23.4 Å². The lowest BCUT2D eigenvalue weighted by molar-refractivity contribution is -0.327. The molecule has 2 fully saturated rings. The molecule has 166 valence electrons. The van der Waals surface area contributed by atoms with Crippen molar-refractivity contribution in [2.45, 2.75) is 56.6 Å². The van der Waals surface area contributed by atoms with Crippen LogP contribution < -0.4 is 5.73 Å². The predicted octanol–water partition coefficient (Wildman–Crippen LogP) is 1.78.